The van der Waals surface area contributed by atoms with Gasteiger partial charge in [-0.25, -0.2) is 0 Å². The van der Waals surface area contributed by atoms with E-state index in [0.29, 0.717) is 24.4 Å². The van der Waals surface area contributed by atoms with E-state index in [4.69, 9.17) is 14.5 Å². The number of hydrogen-bond donors (Lipinski definition) is 3. The van der Waals surface area contributed by atoms with E-state index in [1.807, 2.05) is 54.6 Å². The monoisotopic (exact) mass is 711 g/mol. The van der Waals surface area contributed by atoms with Crippen LogP contribution in [0.4, 0.5) is 8.78 Å². The van der Waals surface area contributed by atoms with E-state index in [9.17, 15) is 27.7 Å². The maximum atomic E-state index is 14.5. The molecule has 10 nitrogen and oxygen atoms in total. The summed E-state index contributed by atoms with van der Waals surface area (Å²) in [6.07, 6.45) is -0.318. The molecule has 3 N–H and O–H groups in total. The normalized spacial score (nSPS) is 19.1. The van der Waals surface area contributed by atoms with E-state index in [1.54, 1.807) is 25.7 Å². The molecule has 1 aromatic heterocycles. The van der Waals surface area contributed by atoms with Gasteiger partial charge in [-0.1, -0.05) is 81.4 Å². The van der Waals surface area contributed by atoms with E-state index in [0.717, 1.165) is 40.2 Å². The number of carbonyl (C=O) groups is 3. The molecule has 2 aliphatic heterocycles. The van der Waals surface area contributed by atoms with Crippen molar-refractivity contribution < 1.29 is 42.3 Å². The van der Waals surface area contributed by atoms with Gasteiger partial charge in [0.1, 0.15) is 18.2 Å². The van der Waals surface area contributed by atoms with Crippen molar-refractivity contribution in [1.82, 2.24) is 15.1 Å². The van der Waals surface area contributed by atoms with Crippen LogP contribution in [0.25, 0.3) is 10.1 Å². The molecule has 0 radical (unpaired) electrons. The third-order valence-corrected chi connectivity index (χ3v) is 11.0. The molecule has 2 unspecified atom stereocenters. The van der Waals surface area contributed by atoms with Gasteiger partial charge in [0.15, 0.2) is 0 Å². The van der Waals surface area contributed by atoms with Gasteiger partial charge in [-0.3, -0.25) is 18.9 Å². The number of benzene rings is 3. The molecule has 14 heteroatoms. The molecule has 3 heterocycles. The Morgan fingerprint density at radius 1 is 1.00 bits per heavy atom. The van der Waals surface area contributed by atoms with Crippen molar-refractivity contribution in [3.63, 3.8) is 0 Å². The molecule has 1 fully saturated rings. The van der Waals surface area contributed by atoms with Gasteiger partial charge in [-0.05, 0) is 45.7 Å². The third kappa shape index (κ3) is 6.78. The number of morpholine rings is 1. The van der Waals surface area contributed by atoms with Gasteiger partial charge >= 0.3 is 13.3 Å². The van der Waals surface area contributed by atoms with Gasteiger partial charge in [-0.15, -0.1) is 11.3 Å². The molecule has 4 aromatic rings. The molecule has 0 spiro atoms. The first-order valence-corrected chi connectivity index (χ1v) is 18.1. The topological polar surface area (TPSA) is 136 Å². The Morgan fingerprint density at radius 3 is 2.39 bits per heavy atom. The maximum absolute atomic E-state index is 14.5. The highest BCUT2D eigenvalue weighted by Gasteiger charge is 2.50. The first kappa shape index (κ1) is 34.8. The smallest absolute Gasteiger partial charge is 0.370 e. The second kappa shape index (κ2) is 13.0. The second-order valence-electron chi connectivity index (χ2n) is 13.3. The Bertz CT molecular complexity index is 1960. The van der Waals surface area contributed by atoms with E-state index in [2.05, 4.69) is 5.32 Å². The van der Waals surface area contributed by atoms with Crippen molar-refractivity contribution in [2.24, 2.45) is 5.41 Å². The number of hydrogen-bond acceptors (Lipinski definition) is 6. The summed E-state index contributed by atoms with van der Waals surface area (Å²) in [6, 6.07) is 19.5. The number of fused-ring (bicyclic) bond motifs is 2. The van der Waals surface area contributed by atoms with Crippen molar-refractivity contribution in [3.05, 3.63) is 106 Å². The number of nitrogens with zero attached hydrogens (tertiary/aromatic N) is 2. The first-order chi connectivity index (χ1) is 23.1. The number of nitrogens with one attached hydrogen (secondary N) is 1. The minimum atomic E-state index is -5.79. The third-order valence-electron chi connectivity index (χ3n) is 8.91. The number of alkyl halides is 2. The average Bonchev–Trinajstić information content (AvgIpc) is 3.68. The molecule has 0 bridgehead atoms. The lowest BCUT2D eigenvalue weighted by Crippen LogP contribution is -2.56. The highest BCUT2D eigenvalue weighted by atomic mass is 32.1. The Kier molecular flexibility index (Phi) is 9.27. The van der Waals surface area contributed by atoms with Crippen LogP contribution in [0.5, 0.6) is 0 Å². The number of carbonyl (C=O) groups excluding carboxylic acids is 3. The standard InChI is InChI=1S/C35H36F2N3O7PS/c1-34(2,3)30(38-31(41)28-18-23-17-24(13-14-27(23)49-28)35(36,37)48(44,45)46)33(43)40-19-22-11-7-8-12-25(22)29(40)32(42)39-15-16-47-26(20-39)21-9-5-4-6-10-21/h4-14,17-18,26,29-30H,15-16,19-20H2,1-3H3,(H,38,41)(H2,44,45,46)/t26?,29?,30-/m1/s1. The van der Waals surface area contributed by atoms with Crippen LogP contribution in [0.1, 0.15) is 64.8 Å². The molecule has 0 saturated carbocycles. The lowest BCUT2D eigenvalue weighted by molar-refractivity contribution is -0.152. The predicted molar refractivity (Wildman–Crippen MR) is 180 cm³/mol. The van der Waals surface area contributed by atoms with Crippen LogP contribution >= 0.6 is 18.9 Å². The van der Waals surface area contributed by atoms with Crippen LogP contribution in [-0.4, -0.2) is 63.0 Å². The molecule has 3 atom stereocenters. The highest BCUT2D eigenvalue weighted by molar-refractivity contribution is 7.52. The molecule has 2 aliphatic rings. The fourth-order valence-corrected chi connectivity index (χ4v) is 7.70. The van der Waals surface area contributed by atoms with E-state index in [-0.39, 0.29) is 28.8 Å². The summed E-state index contributed by atoms with van der Waals surface area (Å²) in [6.45, 7) is 6.56. The minimum Gasteiger partial charge on any atom is -0.370 e. The molecule has 0 aliphatic carbocycles. The van der Waals surface area contributed by atoms with Gasteiger partial charge in [0.2, 0.25) is 11.8 Å². The van der Waals surface area contributed by atoms with Gasteiger partial charge in [-0.2, -0.15) is 8.78 Å². The van der Waals surface area contributed by atoms with E-state index < -0.39 is 48.1 Å². The number of rotatable bonds is 7. The second-order valence-corrected chi connectivity index (χ2v) is 16.1. The van der Waals surface area contributed by atoms with Crippen LogP contribution in [0.15, 0.2) is 78.9 Å². The number of thiophene rings is 1. The Morgan fingerprint density at radius 2 is 1.69 bits per heavy atom. The van der Waals surface area contributed by atoms with Crippen LogP contribution in [-0.2, 0) is 31.1 Å². The highest BCUT2D eigenvalue weighted by Crippen LogP contribution is 2.59. The molecule has 1 saturated heterocycles. The number of halogens is 2. The fraction of sp³-hybridized carbons (Fsp3) is 0.343. The summed E-state index contributed by atoms with van der Waals surface area (Å²) in [5.41, 5.74) is -3.59. The number of ether oxygens (including phenoxy) is 1. The summed E-state index contributed by atoms with van der Waals surface area (Å²) >= 11 is 0.993. The fourth-order valence-electron chi connectivity index (χ4n) is 6.28. The summed E-state index contributed by atoms with van der Waals surface area (Å²) in [4.78, 5) is 64.1. The Hall–Kier alpha value is -4.00. The van der Waals surface area contributed by atoms with Crippen molar-refractivity contribution in [3.8, 4) is 0 Å². The summed E-state index contributed by atoms with van der Waals surface area (Å²) in [5.74, 6) is -1.32. The van der Waals surface area contributed by atoms with Crippen molar-refractivity contribution >= 4 is 46.7 Å². The molecule has 3 aromatic carbocycles. The van der Waals surface area contributed by atoms with E-state index >= 15 is 0 Å². The van der Waals surface area contributed by atoms with E-state index in [1.165, 1.54) is 17.0 Å². The summed E-state index contributed by atoms with van der Waals surface area (Å²) in [5, 5.41) is 3.03. The molecule has 6 rings (SSSR count). The number of amides is 3. The lowest BCUT2D eigenvalue weighted by Gasteiger charge is -2.39. The van der Waals surface area contributed by atoms with Gasteiger partial charge < -0.3 is 29.6 Å². The largest absolute Gasteiger partial charge is 0.399 e. The van der Waals surface area contributed by atoms with Gasteiger partial charge in [0.25, 0.3) is 5.91 Å². The molecule has 258 valence electrons. The van der Waals surface area contributed by atoms with Crippen molar-refractivity contribution in [2.75, 3.05) is 19.7 Å². The van der Waals surface area contributed by atoms with Crippen LogP contribution in [0, 0.1) is 5.41 Å². The molecular weight excluding hydrogens is 675 g/mol. The van der Waals surface area contributed by atoms with Crippen LogP contribution in [0.2, 0.25) is 0 Å². The first-order valence-electron chi connectivity index (χ1n) is 15.7. The molecule has 3 amide bonds. The lowest BCUT2D eigenvalue weighted by atomic mass is 9.85. The van der Waals surface area contributed by atoms with Gasteiger partial charge in [0, 0.05) is 23.4 Å². The Balaban J connectivity index is 1.26. The maximum Gasteiger partial charge on any atom is 0.399 e. The van der Waals surface area contributed by atoms with Crippen molar-refractivity contribution in [1.29, 1.82) is 0 Å². The SMILES string of the molecule is CC(C)(C)[C@H](NC(=O)c1cc2cc(C(F)(F)P(=O)(O)O)ccc2s1)C(=O)N1Cc2ccccc2C1C(=O)N1CCOC(c2ccccc2)C1. The van der Waals surface area contributed by atoms with Crippen molar-refractivity contribution in [2.45, 2.75) is 51.2 Å². The predicted octanol–water partition coefficient (Wildman–Crippen LogP) is 5.96. The quantitative estimate of drug-likeness (QED) is 0.202. The summed E-state index contributed by atoms with van der Waals surface area (Å²) < 4.78 is 46.6. The zero-order chi connectivity index (χ0) is 35.3. The average molecular weight is 712 g/mol. The zero-order valence-corrected chi connectivity index (χ0v) is 28.7. The molecule has 49 heavy (non-hydrogen) atoms. The summed E-state index contributed by atoms with van der Waals surface area (Å²) in [7, 11) is -5.79. The van der Waals surface area contributed by atoms with Gasteiger partial charge in [0.05, 0.1) is 18.0 Å². The minimum absolute atomic E-state index is 0.117. The zero-order valence-electron chi connectivity index (χ0n) is 27.0. The Labute approximate surface area is 285 Å². The van der Waals surface area contributed by atoms with Crippen LogP contribution < -0.4 is 5.32 Å². The molecular formula is C35H36F2N3O7PS. The van der Waals surface area contributed by atoms with Crippen LogP contribution in [0.3, 0.4) is 0 Å².